The van der Waals surface area contributed by atoms with Gasteiger partial charge in [0, 0.05) is 13.1 Å². The Morgan fingerprint density at radius 2 is 2.24 bits per heavy atom. The predicted molar refractivity (Wildman–Crippen MR) is 75.6 cm³/mol. The number of carboxylic acid groups (broad SMARTS) is 1. The first-order valence-corrected chi connectivity index (χ1v) is 7.01. The molecule has 2 rings (SSSR count). The molecule has 1 aliphatic rings. The summed E-state index contributed by atoms with van der Waals surface area (Å²) >= 11 is 0. The van der Waals surface area contributed by atoms with Crippen molar-refractivity contribution in [2.75, 3.05) is 13.1 Å². The Hall–Kier alpha value is -2.11. The molecule has 0 aromatic heterocycles. The van der Waals surface area contributed by atoms with Crippen LogP contribution in [0.2, 0.25) is 0 Å². The summed E-state index contributed by atoms with van der Waals surface area (Å²) in [5.74, 6) is -1.24. The fourth-order valence-corrected chi connectivity index (χ4v) is 2.61. The van der Waals surface area contributed by atoms with Gasteiger partial charge in [-0.1, -0.05) is 6.07 Å². The molecule has 0 spiro atoms. The van der Waals surface area contributed by atoms with Gasteiger partial charge in [0.15, 0.2) is 0 Å². The number of carboxylic acids is 1. The first-order valence-electron chi connectivity index (χ1n) is 7.01. The Kier molecular flexibility index (Phi) is 4.77. The summed E-state index contributed by atoms with van der Waals surface area (Å²) in [6.07, 6.45) is 1.80. The summed E-state index contributed by atoms with van der Waals surface area (Å²) < 4.78 is 13.0. The summed E-state index contributed by atoms with van der Waals surface area (Å²) in [6, 6.07) is 3.48. The SMILES string of the molecule is Cc1cc(F)ccc1CCNC(=O)N1CCC[C@@H]1C(=O)O. The van der Waals surface area contributed by atoms with Gasteiger partial charge < -0.3 is 15.3 Å². The van der Waals surface area contributed by atoms with E-state index in [2.05, 4.69) is 5.32 Å². The second-order valence-electron chi connectivity index (χ2n) is 5.24. The largest absolute Gasteiger partial charge is 0.480 e. The highest BCUT2D eigenvalue weighted by atomic mass is 19.1. The number of carbonyl (C=O) groups is 2. The normalized spacial score (nSPS) is 17.8. The fraction of sp³-hybridized carbons (Fsp3) is 0.467. The van der Waals surface area contributed by atoms with E-state index in [4.69, 9.17) is 5.11 Å². The molecule has 2 amide bonds. The van der Waals surface area contributed by atoms with Crippen LogP contribution in [-0.2, 0) is 11.2 Å². The highest BCUT2D eigenvalue weighted by molar-refractivity contribution is 5.83. The first-order chi connectivity index (χ1) is 9.99. The van der Waals surface area contributed by atoms with Gasteiger partial charge in [-0.25, -0.2) is 14.0 Å². The maximum absolute atomic E-state index is 13.0. The highest BCUT2D eigenvalue weighted by Crippen LogP contribution is 2.17. The van der Waals surface area contributed by atoms with E-state index >= 15 is 0 Å². The van der Waals surface area contributed by atoms with Gasteiger partial charge >= 0.3 is 12.0 Å². The number of rotatable bonds is 4. The second-order valence-corrected chi connectivity index (χ2v) is 5.24. The monoisotopic (exact) mass is 294 g/mol. The quantitative estimate of drug-likeness (QED) is 0.891. The van der Waals surface area contributed by atoms with E-state index in [0.717, 1.165) is 11.1 Å². The van der Waals surface area contributed by atoms with Crippen LogP contribution in [0.25, 0.3) is 0 Å². The number of aryl methyl sites for hydroxylation is 1. The minimum atomic E-state index is -0.961. The molecule has 114 valence electrons. The summed E-state index contributed by atoms with van der Waals surface area (Å²) in [4.78, 5) is 24.4. The van der Waals surface area contributed by atoms with Crippen molar-refractivity contribution in [3.05, 3.63) is 35.1 Å². The van der Waals surface area contributed by atoms with Crippen LogP contribution in [0, 0.1) is 12.7 Å². The number of nitrogens with one attached hydrogen (secondary N) is 1. The van der Waals surface area contributed by atoms with Crippen molar-refractivity contribution in [3.8, 4) is 0 Å². The molecule has 1 heterocycles. The van der Waals surface area contributed by atoms with Gasteiger partial charge in [-0.15, -0.1) is 0 Å². The Morgan fingerprint density at radius 1 is 1.48 bits per heavy atom. The molecule has 1 fully saturated rings. The summed E-state index contributed by atoms with van der Waals surface area (Å²) in [5, 5.41) is 11.8. The van der Waals surface area contributed by atoms with Gasteiger partial charge in [-0.2, -0.15) is 0 Å². The van der Waals surface area contributed by atoms with Crippen molar-refractivity contribution < 1.29 is 19.1 Å². The van der Waals surface area contributed by atoms with Crippen molar-refractivity contribution in [2.45, 2.75) is 32.2 Å². The summed E-state index contributed by atoms with van der Waals surface area (Å²) in [5.41, 5.74) is 1.81. The molecule has 6 heteroatoms. The van der Waals surface area contributed by atoms with Crippen LogP contribution < -0.4 is 5.32 Å². The van der Waals surface area contributed by atoms with E-state index in [1.165, 1.54) is 17.0 Å². The number of hydrogen-bond acceptors (Lipinski definition) is 2. The lowest BCUT2D eigenvalue weighted by molar-refractivity contribution is -0.141. The Labute approximate surface area is 122 Å². The molecule has 0 bridgehead atoms. The molecule has 0 radical (unpaired) electrons. The van der Waals surface area contributed by atoms with E-state index in [-0.39, 0.29) is 11.8 Å². The van der Waals surface area contributed by atoms with Gasteiger partial charge in [-0.05, 0) is 49.4 Å². The van der Waals surface area contributed by atoms with Gasteiger partial charge in [-0.3, -0.25) is 0 Å². The van der Waals surface area contributed by atoms with Crippen molar-refractivity contribution in [2.24, 2.45) is 0 Å². The van der Waals surface area contributed by atoms with Gasteiger partial charge in [0.1, 0.15) is 11.9 Å². The van der Waals surface area contributed by atoms with Gasteiger partial charge in [0.05, 0.1) is 0 Å². The molecule has 1 aromatic rings. The smallest absolute Gasteiger partial charge is 0.326 e. The van der Waals surface area contributed by atoms with E-state index in [1.807, 2.05) is 6.92 Å². The molecule has 1 aliphatic heterocycles. The van der Waals surface area contributed by atoms with Crippen molar-refractivity contribution >= 4 is 12.0 Å². The first kappa shape index (κ1) is 15.3. The predicted octanol–water partition coefficient (Wildman–Crippen LogP) is 1.94. The topological polar surface area (TPSA) is 69.6 Å². The Bertz CT molecular complexity index is 548. The molecular formula is C15H19FN2O3. The van der Waals surface area contributed by atoms with Crippen LogP contribution in [0.3, 0.4) is 0 Å². The molecule has 5 nitrogen and oxygen atoms in total. The van der Waals surface area contributed by atoms with Crippen molar-refractivity contribution in [3.63, 3.8) is 0 Å². The standard InChI is InChI=1S/C15H19FN2O3/c1-10-9-12(16)5-4-11(10)6-7-17-15(21)18-8-2-3-13(18)14(19)20/h4-5,9,13H,2-3,6-8H2,1H3,(H,17,21)(H,19,20)/t13-/m1/s1. The molecule has 1 aromatic carbocycles. The average molecular weight is 294 g/mol. The number of likely N-dealkylation sites (tertiary alicyclic amines) is 1. The molecular weight excluding hydrogens is 275 g/mol. The molecule has 1 saturated heterocycles. The fourth-order valence-electron chi connectivity index (χ4n) is 2.61. The number of aliphatic carboxylic acids is 1. The zero-order valence-corrected chi connectivity index (χ0v) is 11.9. The molecule has 1 atom stereocenters. The van der Waals surface area contributed by atoms with E-state index in [9.17, 15) is 14.0 Å². The maximum Gasteiger partial charge on any atom is 0.326 e. The molecule has 2 N–H and O–H groups in total. The minimum absolute atomic E-state index is 0.276. The van der Waals surface area contributed by atoms with E-state index < -0.39 is 12.0 Å². The van der Waals surface area contributed by atoms with Crippen LogP contribution >= 0.6 is 0 Å². The number of benzene rings is 1. The van der Waals surface area contributed by atoms with Crippen LogP contribution in [0.15, 0.2) is 18.2 Å². The highest BCUT2D eigenvalue weighted by Gasteiger charge is 2.33. The zero-order chi connectivity index (χ0) is 15.4. The van der Waals surface area contributed by atoms with Crippen LogP contribution in [0.5, 0.6) is 0 Å². The lowest BCUT2D eigenvalue weighted by Crippen LogP contribution is -2.46. The van der Waals surface area contributed by atoms with E-state index in [0.29, 0.717) is 32.4 Å². The van der Waals surface area contributed by atoms with E-state index in [1.54, 1.807) is 6.07 Å². The lowest BCUT2D eigenvalue weighted by Gasteiger charge is -2.21. The molecule has 0 aliphatic carbocycles. The minimum Gasteiger partial charge on any atom is -0.480 e. The molecule has 21 heavy (non-hydrogen) atoms. The maximum atomic E-state index is 13.0. The number of hydrogen-bond donors (Lipinski definition) is 2. The van der Waals surface area contributed by atoms with Crippen LogP contribution in [0.4, 0.5) is 9.18 Å². The van der Waals surface area contributed by atoms with Crippen LogP contribution in [0.1, 0.15) is 24.0 Å². The Balaban J connectivity index is 1.85. The number of amides is 2. The molecule has 0 saturated carbocycles. The van der Waals surface area contributed by atoms with Gasteiger partial charge in [0.25, 0.3) is 0 Å². The van der Waals surface area contributed by atoms with Crippen molar-refractivity contribution in [1.82, 2.24) is 10.2 Å². The zero-order valence-electron chi connectivity index (χ0n) is 11.9. The Morgan fingerprint density at radius 3 is 2.90 bits per heavy atom. The third-order valence-corrected chi connectivity index (χ3v) is 3.77. The second kappa shape index (κ2) is 6.56. The summed E-state index contributed by atoms with van der Waals surface area (Å²) in [6.45, 7) is 2.69. The third kappa shape index (κ3) is 3.71. The van der Waals surface area contributed by atoms with Crippen molar-refractivity contribution in [1.29, 1.82) is 0 Å². The lowest BCUT2D eigenvalue weighted by atomic mass is 10.1. The summed E-state index contributed by atoms with van der Waals surface area (Å²) in [7, 11) is 0. The number of carbonyl (C=O) groups excluding carboxylic acids is 1. The number of urea groups is 1. The number of nitrogens with zero attached hydrogens (tertiary/aromatic N) is 1. The molecule has 0 unspecified atom stereocenters. The average Bonchev–Trinajstić information content (AvgIpc) is 2.90. The van der Waals surface area contributed by atoms with Gasteiger partial charge in [0.2, 0.25) is 0 Å². The third-order valence-electron chi connectivity index (χ3n) is 3.77. The van der Waals surface area contributed by atoms with Crippen LogP contribution in [-0.4, -0.2) is 41.1 Å². The number of halogens is 1.